The molecule has 14 nitrogen and oxygen atoms in total. The quantitative estimate of drug-likeness (QED) is 0.197. The maximum Gasteiger partial charge on any atom is 0.407 e. The molecule has 16 heteroatoms. The molecular weight excluding hydrogens is 702 g/mol. The van der Waals surface area contributed by atoms with Crippen molar-refractivity contribution in [2.75, 3.05) is 27.3 Å². The number of amides is 4. The number of nitrogens with one attached hydrogen (secondary N) is 4. The summed E-state index contributed by atoms with van der Waals surface area (Å²) in [6.07, 6.45) is -0.249. The molecule has 2 fully saturated rings. The summed E-state index contributed by atoms with van der Waals surface area (Å²) in [5.41, 5.74) is 1.37. The number of methoxy groups -OCH3 is 2. The summed E-state index contributed by atoms with van der Waals surface area (Å²) in [6.45, 7) is 15.6. The van der Waals surface area contributed by atoms with E-state index in [1.54, 1.807) is 23.6 Å². The number of aromatic amines is 2. The predicted octanol–water partition coefficient (Wildman–Crippen LogP) is 5.94. The Kier molecular flexibility index (Phi) is 12.0. The third-order valence-corrected chi connectivity index (χ3v) is 10.4. The van der Waals surface area contributed by atoms with Crippen LogP contribution in [0.25, 0.3) is 22.5 Å². The van der Waals surface area contributed by atoms with E-state index in [-0.39, 0.29) is 58.0 Å². The van der Waals surface area contributed by atoms with Gasteiger partial charge in [-0.3, -0.25) is 9.59 Å². The Labute approximate surface area is 314 Å². The fourth-order valence-electron chi connectivity index (χ4n) is 7.59. The second kappa shape index (κ2) is 16.1. The maximum atomic E-state index is 16.1. The lowest BCUT2D eigenvalue weighted by molar-refractivity contribution is -0.136. The Balaban J connectivity index is 1.42. The molecule has 4 amide bonds. The highest BCUT2D eigenvalue weighted by molar-refractivity contribution is 5.87. The van der Waals surface area contributed by atoms with Crippen LogP contribution in [0.3, 0.4) is 0 Å². The number of benzene rings is 1. The van der Waals surface area contributed by atoms with Gasteiger partial charge in [-0.1, -0.05) is 41.5 Å². The van der Waals surface area contributed by atoms with Crippen molar-refractivity contribution < 1.29 is 37.4 Å². The molecule has 0 radical (unpaired) electrons. The summed E-state index contributed by atoms with van der Waals surface area (Å²) >= 11 is 0. The molecular formula is C38H52F2N8O6. The maximum absolute atomic E-state index is 16.1. The fourth-order valence-corrected chi connectivity index (χ4v) is 7.59. The van der Waals surface area contributed by atoms with Crippen LogP contribution in [0, 0.1) is 49.2 Å². The molecule has 6 atom stereocenters. The van der Waals surface area contributed by atoms with Gasteiger partial charge in [0.2, 0.25) is 11.8 Å². The number of H-pyrrole nitrogens is 2. The highest BCUT2D eigenvalue weighted by atomic mass is 19.1. The molecule has 0 saturated carbocycles. The summed E-state index contributed by atoms with van der Waals surface area (Å²) in [5.74, 6) is -1.28. The average molecular weight is 755 g/mol. The largest absolute Gasteiger partial charge is 0.453 e. The third kappa shape index (κ3) is 8.06. The normalized spacial score (nSPS) is 21.1. The number of halogens is 2. The zero-order chi connectivity index (χ0) is 39.8. The van der Waals surface area contributed by atoms with Crippen molar-refractivity contribution >= 4 is 24.0 Å². The van der Waals surface area contributed by atoms with Gasteiger partial charge in [0.05, 0.1) is 49.1 Å². The molecule has 0 bridgehead atoms. The monoisotopic (exact) mass is 754 g/mol. The predicted molar refractivity (Wildman–Crippen MR) is 196 cm³/mol. The van der Waals surface area contributed by atoms with Gasteiger partial charge in [0.15, 0.2) is 0 Å². The smallest absolute Gasteiger partial charge is 0.407 e. The number of carbonyl (C=O) groups is 4. The van der Waals surface area contributed by atoms with Crippen LogP contribution in [0.1, 0.15) is 89.5 Å². The summed E-state index contributed by atoms with van der Waals surface area (Å²) in [5, 5.41) is 5.27. The number of hydrogen-bond acceptors (Lipinski definition) is 8. The topological polar surface area (TPSA) is 175 Å². The van der Waals surface area contributed by atoms with E-state index >= 15 is 8.78 Å². The van der Waals surface area contributed by atoms with Crippen molar-refractivity contribution in [3.63, 3.8) is 0 Å². The van der Waals surface area contributed by atoms with Crippen LogP contribution in [-0.4, -0.2) is 93.1 Å². The molecule has 0 aliphatic carbocycles. The van der Waals surface area contributed by atoms with Gasteiger partial charge in [0.1, 0.15) is 35.4 Å². The number of hydrogen-bond donors (Lipinski definition) is 4. The van der Waals surface area contributed by atoms with Crippen LogP contribution < -0.4 is 10.6 Å². The molecule has 4 N–H and O–H groups in total. The van der Waals surface area contributed by atoms with E-state index in [9.17, 15) is 19.2 Å². The number of likely N-dealkylation sites (tertiary alicyclic amines) is 2. The van der Waals surface area contributed by atoms with E-state index in [0.717, 1.165) is 12.1 Å². The van der Waals surface area contributed by atoms with Crippen molar-refractivity contribution in [1.29, 1.82) is 0 Å². The molecule has 54 heavy (non-hydrogen) atoms. The van der Waals surface area contributed by atoms with E-state index in [0.29, 0.717) is 49.0 Å². The minimum Gasteiger partial charge on any atom is -0.453 e. The first-order valence-electron chi connectivity index (χ1n) is 18.4. The van der Waals surface area contributed by atoms with Crippen molar-refractivity contribution in [3.05, 3.63) is 46.8 Å². The second-order valence-electron chi connectivity index (χ2n) is 15.4. The summed E-state index contributed by atoms with van der Waals surface area (Å²) < 4.78 is 41.6. The minimum atomic E-state index is -0.826. The van der Waals surface area contributed by atoms with E-state index in [1.807, 2.05) is 41.5 Å². The first-order chi connectivity index (χ1) is 25.4. The lowest BCUT2D eigenvalue weighted by Crippen LogP contribution is -2.51. The average Bonchev–Trinajstić information content (AvgIpc) is 3.90. The van der Waals surface area contributed by atoms with Gasteiger partial charge < -0.3 is 39.9 Å². The Morgan fingerprint density at radius 1 is 0.722 bits per heavy atom. The Morgan fingerprint density at radius 3 is 1.39 bits per heavy atom. The van der Waals surface area contributed by atoms with E-state index in [1.165, 1.54) is 14.2 Å². The second-order valence-corrected chi connectivity index (χ2v) is 15.4. The minimum absolute atomic E-state index is 0.0274. The Hall–Kier alpha value is -5.02. The number of aryl methyl sites for hydroxylation is 2. The van der Waals surface area contributed by atoms with Crippen LogP contribution in [0.2, 0.25) is 0 Å². The number of nitrogens with zero attached hydrogens (tertiary/aromatic N) is 4. The van der Waals surface area contributed by atoms with Crippen LogP contribution in [-0.2, 0) is 19.1 Å². The van der Waals surface area contributed by atoms with Crippen LogP contribution in [0.15, 0.2) is 12.1 Å². The molecule has 2 aromatic heterocycles. The van der Waals surface area contributed by atoms with Gasteiger partial charge in [0.25, 0.3) is 0 Å². The standard InChI is InChI=1S/C38H52F2N8O6/c1-17(2)29(45-37(51)53-9)35(49)47-15-19(5)11-27(47)33-41-21(7)31(43-33)23-13-26(40)24(14-25(23)39)32-22(8)42-34(44-32)28-12-20(6)16-48(28)36(50)30(18(3)4)46-38(52)54-10/h13-14,17-20,27-30H,11-12,15-16H2,1-10H3,(H,41,43)(H,42,44)(H,45,51)(H,46,52)/t19-,20-,27-,28-,29-,30-/m0/s1. The Morgan fingerprint density at radius 2 is 1.07 bits per heavy atom. The van der Waals surface area contributed by atoms with Gasteiger partial charge in [0, 0.05) is 24.2 Å². The van der Waals surface area contributed by atoms with Crippen molar-refractivity contribution in [3.8, 4) is 22.5 Å². The lowest BCUT2D eigenvalue weighted by Gasteiger charge is -2.30. The van der Waals surface area contributed by atoms with Gasteiger partial charge in [-0.05, 0) is 62.5 Å². The van der Waals surface area contributed by atoms with Crippen molar-refractivity contribution in [2.45, 2.75) is 92.4 Å². The lowest BCUT2D eigenvalue weighted by atomic mass is 10.0. The highest BCUT2D eigenvalue weighted by Crippen LogP contribution is 2.40. The molecule has 294 valence electrons. The van der Waals surface area contributed by atoms with E-state index < -0.39 is 48.0 Å². The van der Waals surface area contributed by atoms with Crippen LogP contribution in [0.4, 0.5) is 18.4 Å². The molecule has 2 aliphatic heterocycles. The number of aromatic nitrogens is 4. The number of rotatable bonds is 10. The van der Waals surface area contributed by atoms with Crippen molar-refractivity contribution in [2.24, 2.45) is 23.7 Å². The van der Waals surface area contributed by atoms with Gasteiger partial charge in [-0.2, -0.15) is 0 Å². The first-order valence-corrected chi connectivity index (χ1v) is 18.4. The van der Waals surface area contributed by atoms with Gasteiger partial charge in [-0.15, -0.1) is 0 Å². The van der Waals surface area contributed by atoms with Crippen LogP contribution in [0.5, 0.6) is 0 Å². The van der Waals surface area contributed by atoms with Crippen LogP contribution >= 0.6 is 0 Å². The molecule has 2 saturated heterocycles. The fraction of sp³-hybridized carbons (Fsp3) is 0.579. The zero-order valence-electron chi connectivity index (χ0n) is 32.6. The van der Waals surface area contributed by atoms with Gasteiger partial charge in [-0.25, -0.2) is 28.3 Å². The summed E-state index contributed by atoms with van der Waals surface area (Å²) in [6, 6.07) is -0.376. The first kappa shape index (κ1) is 40.2. The molecule has 3 aromatic rings. The number of alkyl carbamates (subject to hydrolysis) is 2. The zero-order valence-corrected chi connectivity index (χ0v) is 32.6. The van der Waals surface area contributed by atoms with Crippen molar-refractivity contribution in [1.82, 2.24) is 40.4 Å². The summed E-state index contributed by atoms with van der Waals surface area (Å²) in [4.78, 5) is 70.6. The van der Waals surface area contributed by atoms with E-state index in [2.05, 4.69) is 30.6 Å². The molecule has 0 unspecified atom stereocenters. The molecule has 5 rings (SSSR count). The summed E-state index contributed by atoms with van der Waals surface area (Å²) in [7, 11) is 2.47. The molecule has 2 aliphatic rings. The SMILES string of the molecule is COC(=O)N[C@H](C(=O)N1C[C@@H](C)C[C@H]1c1nc(C)c(-c2cc(F)c(-c3[nH]c([C@@H]4C[C@H](C)CN4C(=O)[C@@H](NC(=O)OC)C(C)C)nc3C)cc2F)[nH]1)C(C)C. The number of imidazole rings is 2. The Bertz CT molecular complexity index is 1760. The molecule has 4 heterocycles. The molecule has 1 aromatic carbocycles. The highest BCUT2D eigenvalue weighted by Gasteiger charge is 2.42. The third-order valence-electron chi connectivity index (χ3n) is 10.4. The molecule has 0 spiro atoms. The number of carbonyl (C=O) groups excluding carboxylic acids is 4. The van der Waals surface area contributed by atoms with Gasteiger partial charge >= 0.3 is 12.2 Å². The number of ether oxygens (including phenoxy) is 2. The van der Waals surface area contributed by atoms with E-state index in [4.69, 9.17) is 9.47 Å².